The molecule has 0 saturated heterocycles. The number of benzene rings is 1. The molecule has 0 amide bonds. The number of phosphoric acid groups is 1. The lowest BCUT2D eigenvalue weighted by Gasteiger charge is -2.18. The fourth-order valence-corrected chi connectivity index (χ4v) is 3.03. The molecule has 0 radical (unpaired) electrons. The first-order valence-corrected chi connectivity index (χ1v) is 8.26. The van der Waals surface area contributed by atoms with Crippen LogP contribution in [0, 0.1) is 0 Å². The highest BCUT2D eigenvalue weighted by Gasteiger charge is 2.29. The molecule has 2 aromatic rings. The lowest BCUT2D eigenvalue weighted by atomic mass is 10.2. The summed E-state index contributed by atoms with van der Waals surface area (Å²) < 4.78 is 32.7. The fourth-order valence-electron chi connectivity index (χ4n) is 1.85. The normalized spacial score (nSPS) is 11.5. The van der Waals surface area contributed by atoms with Crippen LogP contribution in [0.25, 0.3) is 16.7 Å². The third-order valence-electron chi connectivity index (χ3n) is 2.74. The zero-order valence-electron chi connectivity index (χ0n) is 12.4. The molecule has 22 heavy (non-hydrogen) atoms. The van der Waals surface area contributed by atoms with Crippen LogP contribution in [0.3, 0.4) is 0 Å². The van der Waals surface area contributed by atoms with Gasteiger partial charge in [0.25, 0.3) is 0 Å². The molecular formula is C15H17O6P. The van der Waals surface area contributed by atoms with E-state index in [-0.39, 0.29) is 24.5 Å². The third kappa shape index (κ3) is 3.65. The van der Waals surface area contributed by atoms with Crippen molar-refractivity contribution in [2.24, 2.45) is 0 Å². The van der Waals surface area contributed by atoms with Gasteiger partial charge >= 0.3 is 13.4 Å². The highest BCUT2D eigenvalue weighted by atomic mass is 31.2. The van der Waals surface area contributed by atoms with Crippen LogP contribution in [0.1, 0.15) is 19.4 Å². The summed E-state index contributed by atoms with van der Waals surface area (Å²) in [5.74, 6) is -0.121. The van der Waals surface area contributed by atoms with Gasteiger partial charge in [-0.2, -0.15) is 0 Å². The molecule has 0 aliphatic carbocycles. The first-order valence-electron chi connectivity index (χ1n) is 6.80. The van der Waals surface area contributed by atoms with E-state index in [9.17, 15) is 9.36 Å². The molecule has 0 aliphatic rings. The molecular weight excluding hydrogens is 307 g/mol. The van der Waals surface area contributed by atoms with Crippen molar-refractivity contribution < 1.29 is 22.6 Å². The topological polar surface area (TPSA) is 75.0 Å². The number of fused-ring (bicyclic) bond motifs is 1. The van der Waals surface area contributed by atoms with E-state index >= 15 is 0 Å². The van der Waals surface area contributed by atoms with Gasteiger partial charge in [-0.3, -0.25) is 9.05 Å². The minimum atomic E-state index is -3.80. The van der Waals surface area contributed by atoms with Crippen molar-refractivity contribution in [2.45, 2.75) is 13.8 Å². The van der Waals surface area contributed by atoms with Crippen molar-refractivity contribution in [3.8, 4) is 0 Å². The Morgan fingerprint density at radius 2 is 1.86 bits per heavy atom. The van der Waals surface area contributed by atoms with Gasteiger partial charge in [-0.05, 0) is 26.0 Å². The minimum Gasteiger partial charge on any atom is -0.422 e. The summed E-state index contributed by atoms with van der Waals surface area (Å²) in [6.07, 6.45) is 0. The molecule has 2 rings (SSSR count). The molecule has 118 valence electrons. The van der Waals surface area contributed by atoms with E-state index < -0.39 is 13.4 Å². The lowest BCUT2D eigenvalue weighted by molar-refractivity contribution is 0.159. The summed E-state index contributed by atoms with van der Waals surface area (Å²) >= 11 is 0. The second-order valence-electron chi connectivity index (χ2n) is 4.28. The lowest BCUT2D eigenvalue weighted by Crippen LogP contribution is -2.08. The van der Waals surface area contributed by atoms with Gasteiger partial charge in [0, 0.05) is 5.39 Å². The largest absolute Gasteiger partial charge is 0.530 e. The van der Waals surface area contributed by atoms with Crippen LogP contribution in [-0.4, -0.2) is 13.2 Å². The van der Waals surface area contributed by atoms with Gasteiger partial charge < -0.3 is 8.94 Å². The maximum absolute atomic E-state index is 12.3. The van der Waals surface area contributed by atoms with Crippen molar-refractivity contribution in [2.75, 3.05) is 13.2 Å². The maximum atomic E-state index is 12.3. The van der Waals surface area contributed by atoms with Gasteiger partial charge in [0.15, 0.2) is 0 Å². The smallest absolute Gasteiger partial charge is 0.422 e. The number of hydrogen-bond acceptors (Lipinski definition) is 6. The first kappa shape index (κ1) is 16.5. The van der Waals surface area contributed by atoms with Gasteiger partial charge in [0.1, 0.15) is 16.9 Å². The highest BCUT2D eigenvalue weighted by Crippen LogP contribution is 2.52. The predicted molar refractivity (Wildman–Crippen MR) is 83.5 cm³/mol. The van der Waals surface area contributed by atoms with E-state index in [2.05, 4.69) is 6.58 Å². The summed E-state index contributed by atoms with van der Waals surface area (Å²) in [7, 11) is -3.80. The summed E-state index contributed by atoms with van der Waals surface area (Å²) in [5, 5.41) is 0.699. The predicted octanol–water partition coefficient (Wildman–Crippen LogP) is 3.96. The Kier molecular flexibility index (Phi) is 5.19. The fraction of sp³-hybridized carbons (Fsp3) is 0.267. The number of phosphoric ester groups is 1. The van der Waals surface area contributed by atoms with Crippen molar-refractivity contribution in [1.29, 1.82) is 0 Å². The Labute approximate surface area is 127 Å². The van der Waals surface area contributed by atoms with Crippen LogP contribution < -0.4 is 5.63 Å². The number of hydrogen-bond donors (Lipinski definition) is 0. The zero-order chi connectivity index (χ0) is 16.2. The van der Waals surface area contributed by atoms with E-state index in [1.807, 2.05) is 0 Å². The molecule has 0 spiro atoms. The van der Waals surface area contributed by atoms with Crippen LogP contribution in [0.5, 0.6) is 0 Å². The number of para-hydroxylation sites is 1. The number of rotatable bonds is 7. The van der Waals surface area contributed by atoms with Crippen LogP contribution >= 0.6 is 7.82 Å². The van der Waals surface area contributed by atoms with E-state index in [1.54, 1.807) is 44.2 Å². The van der Waals surface area contributed by atoms with E-state index in [4.69, 9.17) is 18.0 Å². The second kappa shape index (κ2) is 6.92. The maximum Gasteiger partial charge on any atom is 0.530 e. The molecule has 0 aliphatic heterocycles. The first-order chi connectivity index (χ1) is 10.5. The SMILES string of the molecule is C=C(OP(=O)(OCC)OCC)c1cc2ccccc2oc1=O. The molecule has 0 fully saturated rings. The molecule has 0 saturated carbocycles. The van der Waals surface area contributed by atoms with Gasteiger partial charge in [-0.25, -0.2) is 9.36 Å². The summed E-state index contributed by atoms with van der Waals surface area (Å²) in [6, 6.07) is 8.58. The van der Waals surface area contributed by atoms with Crippen LogP contribution in [-0.2, 0) is 18.1 Å². The molecule has 0 unspecified atom stereocenters. The molecule has 7 heteroatoms. The van der Waals surface area contributed by atoms with Gasteiger partial charge in [-0.1, -0.05) is 24.8 Å². The molecule has 0 bridgehead atoms. The summed E-state index contributed by atoms with van der Waals surface area (Å²) in [4.78, 5) is 12.0. The van der Waals surface area contributed by atoms with Crippen molar-refractivity contribution >= 4 is 24.6 Å². The molecule has 1 aromatic carbocycles. The molecule has 1 aromatic heterocycles. The van der Waals surface area contributed by atoms with E-state index in [0.29, 0.717) is 11.0 Å². The van der Waals surface area contributed by atoms with Gasteiger partial charge in [-0.15, -0.1) is 0 Å². The minimum absolute atomic E-state index is 0.0679. The average Bonchev–Trinajstić information content (AvgIpc) is 2.46. The van der Waals surface area contributed by atoms with Crippen LogP contribution in [0.4, 0.5) is 0 Å². The van der Waals surface area contributed by atoms with Crippen LogP contribution in [0.15, 0.2) is 46.1 Å². The van der Waals surface area contributed by atoms with Crippen LogP contribution in [0.2, 0.25) is 0 Å². The Hall–Kier alpha value is -1.88. The summed E-state index contributed by atoms with van der Waals surface area (Å²) in [6.45, 7) is 7.21. The summed E-state index contributed by atoms with van der Waals surface area (Å²) in [5.41, 5.74) is -0.122. The monoisotopic (exact) mass is 324 g/mol. The Balaban J connectivity index is 2.34. The van der Waals surface area contributed by atoms with Crippen molar-refractivity contribution in [3.63, 3.8) is 0 Å². The van der Waals surface area contributed by atoms with E-state index in [0.717, 1.165) is 0 Å². The molecule has 0 atom stereocenters. The molecule has 1 heterocycles. The zero-order valence-corrected chi connectivity index (χ0v) is 13.3. The second-order valence-corrected chi connectivity index (χ2v) is 5.88. The van der Waals surface area contributed by atoms with Crippen molar-refractivity contribution in [1.82, 2.24) is 0 Å². The third-order valence-corrected chi connectivity index (χ3v) is 4.33. The molecule has 6 nitrogen and oxygen atoms in total. The Morgan fingerprint density at radius 1 is 1.23 bits per heavy atom. The standard InChI is InChI=1S/C15H17O6P/c1-4-18-22(17,19-5-2)21-11(3)13-10-12-8-6-7-9-14(12)20-15(13)16/h6-10H,3-5H2,1-2H3. The van der Waals surface area contributed by atoms with Gasteiger partial charge in [0.2, 0.25) is 0 Å². The molecule has 0 N–H and O–H groups in total. The Bertz CT molecular complexity index is 769. The highest BCUT2D eigenvalue weighted by molar-refractivity contribution is 7.48. The Morgan fingerprint density at radius 3 is 2.50 bits per heavy atom. The van der Waals surface area contributed by atoms with E-state index in [1.165, 1.54) is 0 Å². The van der Waals surface area contributed by atoms with Gasteiger partial charge in [0.05, 0.1) is 13.2 Å². The quantitative estimate of drug-likeness (QED) is 0.436. The van der Waals surface area contributed by atoms with Crippen molar-refractivity contribution in [3.05, 3.63) is 52.9 Å². The average molecular weight is 324 g/mol.